The molecule has 166 valence electrons. The molecular weight excluding hydrogens is 458 g/mol. The summed E-state index contributed by atoms with van der Waals surface area (Å²) in [4.78, 5) is 24.2. The normalized spacial score (nSPS) is 11.8. The van der Waals surface area contributed by atoms with Crippen LogP contribution < -0.4 is 24.8 Å². The Morgan fingerprint density at radius 1 is 1.19 bits per heavy atom. The van der Waals surface area contributed by atoms with Crippen LogP contribution in [0.3, 0.4) is 0 Å². The van der Waals surface area contributed by atoms with Crippen molar-refractivity contribution in [3.05, 3.63) is 53.3 Å². The van der Waals surface area contributed by atoms with Gasteiger partial charge in [-0.25, -0.2) is 4.79 Å². The molecule has 12 heteroatoms. The van der Waals surface area contributed by atoms with Crippen molar-refractivity contribution in [2.45, 2.75) is 11.8 Å². The van der Waals surface area contributed by atoms with E-state index in [9.17, 15) is 9.59 Å². The fourth-order valence-corrected chi connectivity index (χ4v) is 3.65. The minimum atomic E-state index is -0.652. The lowest BCUT2D eigenvalue weighted by Gasteiger charge is -2.08. The number of nitrogens with zero attached hydrogens (tertiary/aromatic N) is 3. The molecule has 2 heterocycles. The largest absolute Gasteiger partial charge is 0.484 e. The van der Waals surface area contributed by atoms with E-state index in [0.29, 0.717) is 38.9 Å². The molecular formula is C20H18ClN5O5S. The molecule has 1 aliphatic rings. The van der Waals surface area contributed by atoms with Gasteiger partial charge >= 0.3 is 6.03 Å². The number of urea groups is 1. The number of carbonyl (C=O) groups excluding carboxylic acids is 2. The van der Waals surface area contributed by atoms with Crippen LogP contribution in [0, 0.1) is 0 Å². The van der Waals surface area contributed by atoms with Crippen molar-refractivity contribution >= 4 is 41.0 Å². The number of hydrogen-bond donors (Lipinski definition) is 2. The number of benzene rings is 2. The smallest absolute Gasteiger partial charge is 0.325 e. The lowest BCUT2D eigenvalue weighted by Crippen LogP contribution is -2.35. The number of amides is 3. The molecule has 3 aromatic rings. The first-order valence-electron chi connectivity index (χ1n) is 9.38. The summed E-state index contributed by atoms with van der Waals surface area (Å²) in [5.74, 6) is 1.73. The van der Waals surface area contributed by atoms with Crippen LogP contribution in [0.2, 0.25) is 5.02 Å². The van der Waals surface area contributed by atoms with Crippen LogP contribution in [-0.4, -0.2) is 39.2 Å². The van der Waals surface area contributed by atoms with E-state index in [0.717, 1.165) is 11.8 Å². The molecule has 0 bridgehead atoms. The molecule has 0 fully saturated rings. The van der Waals surface area contributed by atoms with E-state index in [1.54, 1.807) is 41.9 Å². The van der Waals surface area contributed by atoms with E-state index in [2.05, 4.69) is 20.8 Å². The van der Waals surface area contributed by atoms with Crippen molar-refractivity contribution in [3.63, 3.8) is 0 Å². The highest BCUT2D eigenvalue weighted by atomic mass is 35.5. The summed E-state index contributed by atoms with van der Waals surface area (Å²) in [6, 6.07) is 11.4. The van der Waals surface area contributed by atoms with E-state index in [4.69, 9.17) is 25.8 Å². The van der Waals surface area contributed by atoms with Crippen LogP contribution in [0.1, 0.15) is 5.82 Å². The number of fused-ring (bicyclic) bond motifs is 1. The topological polar surface area (TPSA) is 117 Å². The second-order valence-corrected chi connectivity index (χ2v) is 7.89. The zero-order valence-corrected chi connectivity index (χ0v) is 18.4. The summed E-state index contributed by atoms with van der Waals surface area (Å²) < 4.78 is 17.8. The molecule has 1 aliphatic heterocycles. The monoisotopic (exact) mass is 475 g/mol. The van der Waals surface area contributed by atoms with Crippen LogP contribution in [0.5, 0.6) is 17.2 Å². The number of ether oxygens (including phenoxy) is 3. The first kappa shape index (κ1) is 21.8. The zero-order valence-electron chi connectivity index (χ0n) is 16.8. The fourth-order valence-electron chi connectivity index (χ4n) is 2.73. The van der Waals surface area contributed by atoms with Gasteiger partial charge in [-0.3, -0.25) is 10.1 Å². The Hall–Kier alpha value is -3.44. The maximum absolute atomic E-state index is 12.1. The van der Waals surface area contributed by atoms with E-state index >= 15 is 0 Å². The van der Waals surface area contributed by atoms with Crippen LogP contribution in [-0.2, 0) is 18.4 Å². The molecule has 0 unspecified atom stereocenters. The van der Waals surface area contributed by atoms with Gasteiger partial charge in [0.05, 0.1) is 10.8 Å². The van der Waals surface area contributed by atoms with E-state index in [1.165, 1.54) is 0 Å². The number of anilines is 1. The van der Waals surface area contributed by atoms with Crippen molar-refractivity contribution in [1.82, 2.24) is 20.1 Å². The molecule has 0 atom stereocenters. The standard InChI is InChI=1S/C20H18ClN5O5S/c1-26-17(9-29-14-5-3-2-4-13(14)21)24-25-20(26)32-10-18(27)23-19(28)22-12-6-7-15-16(8-12)31-11-30-15/h2-8H,9-11H2,1H3,(H2,22,23,27,28). The first-order valence-corrected chi connectivity index (χ1v) is 10.7. The molecule has 0 saturated heterocycles. The Morgan fingerprint density at radius 2 is 2.00 bits per heavy atom. The quantitative estimate of drug-likeness (QED) is 0.500. The molecule has 2 aromatic carbocycles. The van der Waals surface area contributed by atoms with Gasteiger partial charge in [-0.05, 0) is 24.3 Å². The highest BCUT2D eigenvalue weighted by Gasteiger charge is 2.16. The average Bonchev–Trinajstić information content (AvgIpc) is 3.37. The van der Waals surface area contributed by atoms with E-state index in [-0.39, 0.29) is 19.2 Å². The number of nitrogens with one attached hydrogen (secondary N) is 2. The Balaban J connectivity index is 1.25. The Labute approximate surface area is 192 Å². The predicted molar refractivity (Wildman–Crippen MR) is 117 cm³/mol. The Bertz CT molecular complexity index is 1160. The lowest BCUT2D eigenvalue weighted by molar-refractivity contribution is -0.117. The third kappa shape index (κ3) is 5.24. The van der Waals surface area contributed by atoms with Crippen molar-refractivity contribution < 1.29 is 23.8 Å². The third-order valence-electron chi connectivity index (χ3n) is 4.33. The van der Waals surface area contributed by atoms with Gasteiger partial charge in [0.15, 0.2) is 22.5 Å². The Morgan fingerprint density at radius 3 is 2.84 bits per heavy atom. The second kappa shape index (κ2) is 9.79. The summed E-state index contributed by atoms with van der Waals surface area (Å²) in [6.07, 6.45) is 0. The average molecular weight is 476 g/mol. The summed E-state index contributed by atoms with van der Waals surface area (Å²) >= 11 is 7.22. The number of imide groups is 1. The minimum Gasteiger partial charge on any atom is -0.484 e. The lowest BCUT2D eigenvalue weighted by atomic mass is 10.3. The van der Waals surface area contributed by atoms with Gasteiger partial charge in [0.2, 0.25) is 12.7 Å². The van der Waals surface area contributed by atoms with Crippen molar-refractivity contribution in [1.29, 1.82) is 0 Å². The zero-order chi connectivity index (χ0) is 22.5. The highest BCUT2D eigenvalue weighted by molar-refractivity contribution is 7.99. The highest BCUT2D eigenvalue weighted by Crippen LogP contribution is 2.34. The van der Waals surface area contributed by atoms with Gasteiger partial charge < -0.3 is 24.1 Å². The maximum Gasteiger partial charge on any atom is 0.325 e. The fraction of sp³-hybridized carbons (Fsp3) is 0.200. The molecule has 4 rings (SSSR count). The first-order chi connectivity index (χ1) is 15.5. The SMILES string of the molecule is Cn1c(COc2ccccc2Cl)nnc1SCC(=O)NC(=O)Nc1ccc2c(c1)OCO2. The summed E-state index contributed by atoms with van der Waals surface area (Å²) in [5.41, 5.74) is 0.476. The number of rotatable bonds is 7. The van der Waals surface area contributed by atoms with Crippen molar-refractivity contribution in [3.8, 4) is 17.2 Å². The van der Waals surface area contributed by atoms with Crippen LogP contribution in [0.15, 0.2) is 47.6 Å². The summed E-state index contributed by atoms with van der Waals surface area (Å²) in [6.45, 7) is 0.300. The van der Waals surface area contributed by atoms with Crippen molar-refractivity contribution in [2.75, 3.05) is 17.9 Å². The third-order valence-corrected chi connectivity index (χ3v) is 5.67. The van der Waals surface area contributed by atoms with Gasteiger partial charge in [0, 0.05) is 18.8 Å². The van der Waals surface area contributed by atoms with Crippen molar-refractivity contribution in [2.24, 2.45) is 7.05 Å². The van der Waals surface area contributed by atoms with Gasteiger partial charge in [-0.1, -0.05) is 35.5 Å². The van der Waals surface area contributed by atoms with Gasteiger partial charge in [-0.15, -0.1) is 10.2 Å². The molecule has 0 radical (unpaired) electrons. The van der Waals surface area contributed by atoms with Gasteiger partial charge in [0.1, 0.15) is 12.4 Å². The molecule has 0 spiro atoms. The number of halogens is 1. The Kier molecular flexibility index (Phi) is 6.66. The molecule has 32 heavy (non-hydrogen) atoms. The number of aromatic nitrogens is 3. The van der Waals surface area contributed by atoms with E-state index < -0.39 is 11.9 Å². The molecule has 10 nitrogen and oxygen atoms in total. The number of hydrogen-bond acceptors (Lipinski definition) is 8. The predicted octanol–water partition coefficient (Wildman–Crippen LogP) is 3.22. The molecule has 1 aromatic heterocycles. The second-order valence-electron chi connectivity index (χ2n) is 6.54. The van der Waals surface area contributed by atoms with Gasteiger partial charge in [0.25, 0.3) is 0 Å². The minimum absolute atomic E-state index is 0.0219. The molecule has 2 N–H and O–H groups in total. The van der Waals surface area contributed by atoms with Crippen LogP contribution in [0.4, 0.5) is 10.5 Å². The van der Waals surface area contributed by atoms with Crippen LogP contribution in [0.25, 0.3) is 0 Å². The number of thioether (sulfide) groups is 1. The number of carbonyl (C=O) groups is 2. The summed E-state index contributed by atoms with van der Waals surface area (Å²) in [7, 11) is 1.76. The molecule has 0 aliphatic carbocycles. The molecule has 3 amide bonds. The van der Waals surface area contributed by atoms with Crippen LogP contribution >= 0.6 is 23.4 Å². The maximum atomic E-state index is 12.1. The van der Waals surface area contributed by atoms with E-state index in [1.807, 2.05) is 12.1 Å². The summed E-state index contributed by atoms with van der Waals surface area (Å²) in [5, 5.41) is 14.0. The number of para-hydroxylation sites is 1. The molecule has 0 saturated carbocycles. The van der Waals surface area contributed by atoms with Gasteiger partial charge in [-0.2, -0.15) is 0 Å².